The average molecular weight is 391 g/mol. The van der Waals surface area contributed by atoms with E-state index in [2.05, 4.69) is 16.4 Å². The van der Waals surface area contributed by atoms with Crippen LogP contribution in [0.2, 0.25) is 5.02 Å². The maximum Gasteiger partial charge on any atom is 0.354 e. The Morgan fingerprint density at radius 2 is 2.00 bits per heavy atom. The molecule has 0 amide bonds. The molecule has 1 N–H and O–H groups in total. The van der Waals surface area contributed by atoms with Gasteiger partial charge in [0.25, 0.3) is 0 Å². The lowest BCUT2D eigenvalue weighted by atomic mass is 10.0. The van der Waals surface area contributed by atoms with Crippen LogP contribution in [0, 0.1) is 17.2 Å². The molecule has 2 saturated carbocycles. The van der Waals surface area contributed by atoms with E-state index in [9.17, 15) is 10.1 Å². The first kappa shape index (κ1) is 17.3. The topological polar surface area (TPSA) is 70.7 Å². The van der Waals surface area contributed by atoms with Crippen molar-refractivity contribution >= 4 is 28.3 Å². The monoisotopic (exact) mass is 390 g/mol. The van der Waals surface area contributed by atoms with Gasteiger partial charge >= 0.3 is 5.69 Å². The zero-order chi connectivity index (χ0) is 19.3. The third-order valence-electron chi connectivity index (χ3n) is 5.55. The van der Waals surface area contributed by atoms with E-state index in [0.29, 0.717) is 33.9 Å². The van der Waals surface area contributed by atoms with Gasteiger partial charge in [0.2, 0.25) is 0 Å². The van der Waals surface area contributed by atoms with E-state index in [1.807, 2.05) is 30.3 Å². The smallest absolute Gasteiger partial charge is 0.354 e. The van der Waals surface area contributed by atoms with Gasteiger partial charge in [0.15, 0.2) is 0 Å². The molecule has 5 nitrogen and oxygen atoms in total. The van der Waals surface area contributed by atoms with Crippen LogP contribution in [0.3, 0.4) is 0 Å². The van der Waals surface area contributed by atoms with Gasteiger partial charge in [0, 0.05) is 11.9 Å². The molecule has 0 spiro atoms. The second-order valence-electron chi connectivity index (χ2n) is 7.70. The second-order valence-corrected chi connectivity index (χ2v) is 8.10. The number of hydrogen-bond acceptors (Lipinski definition) is 4. The fourth-order valence-electron chi connectivity index (χ4n) is 3.68. The van der Waals surface area contributed by atoms with E-state index in [1.165, 1.54) is 12.8 Å². The molecule has 1 heterocycles. The number of nitrogens with zero attached hydrogens (tertiary/aromatic N) is 3. The highest BCUT2D eigenvalue weighted by Gasteiger charge is 2.28. The molecule has 0 saturated heterocycles. The van der Waals surface area contributed by atoms with Crippen LogP contribution in [0.4, 0.5) is 5.82 Å². The van der Waals surface area contributed by atoms with Crippen LogP contribution in [-0.2, 0) is 0 Å². The summed E-state index contributed by atoms with van der Waals surface area (Å²) in [5.41, 5.74) is 2.65. The number of fused-ring (bicyclic) bond motifs is 1. The van der Waals surface area contributed by atoms with Crippen molar-refractivity contribution < 1.29 is 0 Å². The molecule has 0 atom stereocenters. The molecule has 5 rings (SSSR count). The largest absolute Gasteiger partial charge is 0.369 e. The van der Waals surface area contributed by atoms with Crippen LogP contribution < -0.4 is 11.0 Å². The van der Waals surface area contributed by atoms with Crippen molar-refractivity contribution in [3.05, 3.63) is 63.0 Å². The Balaban J connectivity index is 1.79. The molecule has 140 valence electrons. The molecule has 0 bridgehead atoms. The van der Waals surface area contributed by atoms with Gasteiger partial charge in [0.05, 0.1) is 27.9 Å². The first-order valence-electron chi connectivity index (χ1n) is 9.65. The summed E-state index contributed by atoms with van der Waals surface area (Å²) in [5.74, 6) is 1.59. The van der Waals surface area contributed by atoms with Crippen molar-refractivity contribution in [1.29, 1.82) is 5.26 Å². The Kier molecular flexibility index (Phi) is 4.10. The summed E-state index contributed by atoms with van der Waals surface area (Å²) in [6.07, 6.45) is 4.57. The second kappa shape index (κ2) is 6.65. The first-order valence-corrected chi connectivity index (χ1v) is 10.0. The molecule has 2 aliphatic carbocycles. The Labute approximate surface area is 167 Å². The quantitative estimate of drug-likeness (QED) is 0.690. The molecule has 28 heavy (non-hydrogen) atoms. The summed E-state index contributed by atoms with van der Waals surface area (Å²) in [6, 6.07) is 13.5. The average Bonchev–Trinajstić information content (AvgIpc) is 3.60. The van der Waals surface area contributed by atoms with Crippen molar-refractivity contribution in [2.75, 3.05) is 11.9 Å². The number of nitrogens with one attached hydrogen (secondary N) is 1. The highest BCUT2D eigenvalue weighted by Crippen LogP contribution is 2.43. The van der Waals surface area contributed by atoms with Gasteiger partial charge in [-0.2, -0.15) is 10.2 Å². The van der Waals surface area contributed by atoms with E-state index in [0.717, 1.165) is 35.9 Å². The molecule has 0 aliphatic heterocycles. The van der Waals surface area contributed by atoms with Crippen molar-refractivity contribution in [2.24, 2.45) is 5.92 Å². The van der Waals surface area contributed by atoms with Gasteiger partial charge in [0.1, 0.15) is 5.82 Å². The highest BCUT2D eigenvalue weighted by atomic mass is 35.5. The van der Waals surface area contributed by atoms with Gasteiger partial charge < -0.3 is 5.32 Å². The molecule has 0 unspecified atom stereocenters. The van der Waals surface area contributed by atoms with Crippen LogP contribution in [0.5, 0.6) is 0 Å². The minimum absolute atomic E-state index is 0.370. The number of anilines is 1. The number of halogens is 1. The normalized spacial score (nSPS) is 16.1. The number of benzene rings is 2. The molecular formula is C22H19ClN4O. The summed E-state index contributed by atoms with van der Waals surface area (Å²) in [4.78, 5) is 17.3. The molecule has 0 radical (unpaired) electrons. The predicted octanol–water partition coefficient (Wildman–Crippen LogP) is 4.61. The minimum atomic E-state index is -0.370. The van der Waals surface area contributed by atoms with Gasteiger partial charge in [-0.15, -0.1) is 0 Å². The van der Waals surface area contributed by atoms with Crippen LogP contribution in [0.25, 0.3) is 16.6 Å². The van der Waals surface area contributed by atoms with Crippen LogP contribution in [0.15, 0.2) is 41.2 Å². The lowest BCUT2D eigenvalue weighted by Crippen LogP contribution is -2.24. The summed E-state index contributed by atoms with van der Waals surface area (Å²) in [5, 5.41) is 14.3. The standard InChI is InChI=1S/C22H19ClN4O/c23-18-3-1-2-4-19(18)27-20-10-16(14-7-8-14)15(11-24)9-17(20)21(26-22(27)28)25-12-13-5-6-13/h1-4,9-10,13-14H,5-8,12H2,(H,25,26,28). The van der Waals surface area contributed by atoms with Crippen molar-refractivity contribution in [1.82, 2.24) is 9.55 Å². The molecule has 6 heteroatoms. The number of para-hydroxylation sites is 1. The maximum absolute atomic E-state index is 13.0. The fourth-order valence-corrected chi connectivity index (χ4v) is 3.90. The number of nitriles is 1. The Morgan fingerprint density at radius 3 is 2.68 bits per heavy atom. The predicted molar refractivity (Wildman–Crippen MR) is 110 cm³/mol. The van der Waals surface area contributed by atoms with Gasteiger partial charge in [-0.05, 0) is 67.3 Å². The third-order valence-corrected chi connectivity index (χ3v) is 5.87. The van der Waals surface area contributed by atoms with E-state index in [4.69, 9.17) is 11.6 Å². The summed E-state index contributed by atoms with van der Waals surface area (Å²) < 4.78 is 1.56. The fraction of sp³-hybridized carbons (Fsp3) is 0.318. The van der Waals surface area contributed by atoms with E-state index in [-0.39, 0.29) is 5.69 Å². The Bertz CT molecular complexity index is 1190. The zero-order valence-electron chi connectivity index (χ0n) is 15.3. The zero-order valence-corrected chi connectivity index (χ0v) is 16.0. The molecule has 2 aromatic carbocycles. The van der Waals surface area contributed by atoms with Gasteiger partial charge in [-0.1, -0.05) is 23.7 Å². The number of hydrogen-bond donors (Lipinski definition) is 1. The highest BCUT2D eigenvalue weighted by molar-refractivity contribution is 6.32. The SMILES string of the molecule is N#Cc1cc2c(NCC3CC3)nc(=O)n(-c3ccccc3Cl)c2cc1C1CC1. The van der Waals surface area contributed by atoms with E-state index >= 15 is 0 Å². The first-order chi connectivity index (χ1) is 13.7. The molecule has 2 aliphatic rings. The summed E-state index contributed by atoms with van der Waals surface area (Å²) in [6.45, 7) is 0.796. The lowest BCUT2D eigenvalue weighted by molar-refractivity contribution is 0.874. The Hall–Kier alpha value is -2.84. The van der Waals surface area contributed by atoms with Gasteiger partial charge in [-0.25, -0.2) is 4.79 Å². The van der Waals surface area contributed by atoms with E-state index in [1.54, 1.807) is 10.6 Å². The molecular weight excluding hydrogens is 372 g/mol. The lowest BCUT2D eigenvalue weighted by Gasteiger charge is -2.16. The molecule has 3 aromatic rings. The number of aromatic nitrogens is 2. The Morgan fingerprint density at radius 1 is 1.21 bits per heavy atom. The van der Waals surface area contributed by atoms with Crippen molar-refractivity contribution in [3.8, 4) is 11.8 Å². The van der Waals surface area contributed by atoms with Crippen LogP contribution in [-0.4, -0.2) is 16.1 Å². The van der Waals surface area contributed by atoms with Gasteiger partial charge in [-0.3, -0.25) is 4.57 Å². The maximum atomic E-state index is 13.0. The third kappa shape index (κ3) is 3.04. The minimum Gasteiger partial charge on any atom is -0.369 e. The van der Waals surface area contributed by atoms with Crippen molar-refractivity contribution in [3.63, 3.8) is 0 Å². The molecule has 1 aromatic heterocycles. The van der Waals surface area contributed by atoms with Crippen molar-refractivity contribution in [2.45, 2.75) is 31.6 Å². The number of rotatable bonds is 5. The van der Waals surface area contributed by atoms with E-state index < -0.39 is 0 Å². The van der Waals surface area contributed by atoms with Crippen LogP contribution in [0.1, 0.15) is 42.7 Å². The molecule has 2 fully saturated rings. The summed E-state index contributed by atoms with van der Waals surface area (Å²) >= 11 is 6.40. The summed E-state index contributed by atoms with van der Waals surface area (Å²) in [7, 11) is 0. The van der Waals surface area contributed by atoms with Crippen LogP contribution >= 0.6 is 11.6 Å².